The van der Waals surface area contributed by atoms with Crippen LogP contribution in [0.25, 0.3) is 22.8 Å². The van der Waals surface area contributed by atoms with Crippen molar-refractivity contribution < 1.29 is 18.0 Å². The van der Waals surface area contributed by atoms with Crippen molar-refractivity contribution in [2.45, 2.75) is 19.9 Å². The number of nitrogens with zero attached hydrogens (tertiary/aromatic N) is 3. The van der Waals surface area contributed by atoms with Crippen molar-refractivity contribution in [1.82, 2.24) is 15.1 Å². The summed E-state index contributed by atoms with van der Waals surface area (Å²) in [5.41, 5.74) is 0.918. The molecule has 0 bridgehead atoms. The molecule has 0 saturated heterocycles. The lowest BCUT2D eigenvalue weighted by Gasteiger charge is -2.18. The predicted molar refractivity (Wildman–Crippen MR) is 114 cm³/mol. The summed E-state index contributed by atoms with van der Waals surface area (Å²) < 4.78 is 25.4. The molecule has 0 fully saturated rings. The third-order valence-electron chi connectivity index (χ3n) is 4.63. The lowest BCUT2D eigenvalue weighted by atomic mass is 10.1. The summed E-state index contributed by atoms with van der Waals surface area (Å²) in [6.45, 7) is 2.52. The van der Waals surface area contributed by atoms with Gasteiger partial charge in [0.05, 0.1) is 22.7 Å². The van der Waals surface area contributed by atoms with Crippen molar-refractivity contribution in [2.75, 3.05) is 6.54 Å². The molecule has 0 aliphatic carbocycles. The van der Waals surface area contributed by atoms with Crippen molar-refractivity contribution in [1.29, 1.82) is 0 Å². The summed E-state index contributed by atoms with van der Waals surface area (Å²) in [5, 5.41) is 8.58. The summed E-state index contributed by atoms with van der Waals surface area (Å²) in [6.07, 6.45) is 0.720. The molecule has 0 N–H and O–H groups in total. The molecular formula is C23H19ClFN3O3. The van der Waals surface area contributed by atoms with E-state index in [-0.39, 0.29) is 35.8 Å². The van der Waals surface area contributed by atoms with E-state index in [1.807, 2.05) is 19.1 Å². The van der Waals surface area contributed by atoms with Crippen LogP contribution in [0.2, 0.25) is 5.02 Å². The first-order valence-corrected chi connectivity index (χ1v) is 10.2. The molecule has 2 aromatic carbocycles. The van der Waals surface area contributed by atoms with E-state index in [1.165, 1.54) is 12.1 Å². The minimum atomic E-state index is -0.417. The second kappa shape index (κ2) is 9.14. The zero-order valence-corrected chi connectivity index (χ0v) is 17.5. The van der Waals surface area contributed by atoms with E-state index in [0.29, 0.717) is 22.7 Å². The largest absolute Gasteiger partial charge is 0.451 e. The summed E-state index contributed by atoms with van der Waals surface area (Å²) >= 11 is 6.19. The van der Waals surface area contributed by atoms with E-state index < -0.39 is 5.82 Å². The molecule has 2 aromatic heterocycles. The minimum Gasteiger partial charge on any atom is -0.451 e. The van der Waals surface area contributed by atoms with Crippen LogP contribution in [0.5, 0.6) is 0 Å². The second-order valence-electron chi connectivity index (χ2n) is 6.85. The van der Waals surface area contributed by atoms with Crippen LogP contribution in [0.4, 0.5) is 4.39 Å². The van der Waals surface area contributed by atoms with Gasteiger partial charge in [-0.2, -0.15) is 0 Å². The Morgan fingerprint density at radius 1 is 1.00 bits per heavy atom. The van der Waals surface area contributed by atoms with E-state index in [9.17, 15) is 9.18 Å². The lowest BCUT2D eigenvalue weighted by molar-refractivity contribution is 0.0697. The molecule has 0 aliphatic heterocycles. The predicted octanol–water partition coefficient (Wildman–Crippen LogP) is 5.84. The maximum Gasteiger partial charge on any atom is 0.290 e. The highest BCUT2D eigenvalue weighted by atomic mass is 35.5. The topological polar surface area (TPSA) is 72.4 Å². The Morgan fingerprint density at radius 3 is 2.48 bits per heavy atom. The van der Waals surface area contributed by atoms with Gasteiger partial charge in [0.15, 0.2) is 5.76 Å². The van der Waals surface area contributed by atoms with E-state index in [0.717, 1.165) is 6.42 Å². The normalized spacial score (nSPS) is 10.9. The van der Waals surface area contributed by atoms with Gasteiger partial charge in [0.1, 0.15) is 11.6 Å². The number of furan rings is 1. The smallest absolute Gasteiger partial charge is 0.290 e. The summed E-state index contributed by atoms with van der Waals surface area (Å²) in [5.74, 6) is 0.192. The number of amides is 1. The average Bonchev–Trinajstić information content (AvgIpc) is 3.44. The molecule has 158 valence electrons. The molecule has 1 amide bonds. The van der Waals surface area contributed by atoms with Crippen molar-refractivity contribution in [3.05, 3.63) is 83.2 Å². The Hall–Kier alpha value is -3.45. The van der Waals surface area contributed by atoms with Crippen LogP contribution in [0.3, 0.4) is 0 Å². The molecule has 0 atom stereocenters. The zero-order chi connectivity index (χ0) is 21.8. The van der Waals surface area contributed by atoms with Crippen molar-refractivity contribution in [3.8, 4) is 22.8 Å². The fourth-order valence-electron chi connectivity index (χ4n) is 3.16. The number of hydrogen-bond acceptors (Lipinski definition) is 5. The van der Waals surface area contributed by atoms with Gasteiger partial charge in [0.2, 0.25) is 11.8 Å². The highest BCUT2D eigenvalue weighted by molar-refractivity contribution is 6.33. The van der Waals surface area contributed by atoms with Gasteiger partial charge in [0.25, 0.3) is 5.91 Å². The third-order valence-corrected chi connectivity index (χ3v) is 4.96. The molecule has 0 aliphatic rings. The van der Waals surface area contributed by atoms with Crippen LogP contribution >= 0.6 is 11.6 Å². The van der Waals surface area contributed by atoms with E-state index in [4.69, 9.17) is 20.4 Å². The van der Waals surface area contributed by atoms with Gasteiger partial charge in [-0.1, -0.05) is 42.8 Å². The standard InChI is InChI=1S/C23H19ClFN3O3/c1-2-13-28(14-21-26-27-22(31-21)15-7-3-5-9-17(15)24)23(29)20-12-11-19(30-20)16-8-4-6-10-18(16)25/h3-12H,2,13-14H2,1H3. The van der Waals surface area contributed by atoms with Gasteiger partial charge in [-0.05, 0) is 42.8 Å². The third kappa shape index (κ3) is 4.51. The number of aromatic nitrogens is 2. The maximum atomic E-state index is 14.0. The number of benzene rings is 2. The van der Waals surface area contributed by atoms with Crippen molar-refractivity contribution in [2.24, 2.45) is 0 Å². The first-order chi connectivity index (χ1) is 15.1. The van der Waals surface area contributed by atoms with Gasteiger partial charge < -0.3 is 13.7 Å². The first kappa shape index (κ1) is 20.8. The number of halogens is 2. The van der Waals surface area contributed by atoms with E-state index >= 15 is 0 Å². The summed E-state index contributed by atoms with van der Waals surface area (Å²) in [4.78, 5) is 14.6. The summed E-state index contributed by atoms with van der Waals surface area (Å²) in [6, 6.07) is 16.5. The monoisotopic (exact) mass is 439 g/mol. The molecule has 0 saturated carbocycles. The van der Waals surface area contributed by atoms with E-state index in [2.05, 4.69) is 10.2 Å². The van der Waals surface area contributed by atoms with Crippen LogP contribution in [0.15, 0.2) is 69.5 Å². The average molecular weight is 440 g/mol. The Balaban J connectivity index is 1.54. The second-order valence-corrected chi connectivity index (χ2v) is 7.26. The lowest BCUT2D eigenvalue weighted by Crippen LogP contribution is -2.31. The number of hydrogen-bond donors (Lipinski definition) is 0. The highest BCUT2D eigenvalue weighted by Crippen LogP contribution is 2.28. The van der Waals surface area contributed by atoms with Crippen molar-refractivity contribution in [3.63, 3.8) is 0 Å². The molecule has 0 spiro atoms. The molecule has 6 nitrogen and oxygen atoms in total. The minimum absolute atomic E-state index is 0.109. The van der Waals surface area contributed by atoms with Crippen LogP contribution in [0, 0.1) is 5.82 Å². The molecule has 0 radical (unpaired) electrons. The molecule has 4 rings (SSSR count). The maximum absolute atomic E-state index is 14.0. The zero-order valence-electron chi connectivity index (χ0n) is 16.7. The van der Waals surface area contributed by atoms with Gasteiger partial charge in [-0.15, -0.1) is 10.2 Å². The van der Waals surface area contributed by atoms with Crippen LogP contribution in [-0.4, -0.2) is 27.5 Å². The molecule has 8 heteroatoms. The summed E-state index contributed by atoms with van der Waals surface area (Å²) in [7, 11) is 0. The SMILES string of the molecule is CCCN(Cc1nnc(-c2ccccc2Cl)o1)C(=O)c1ccc(-c2ccccc2F)o1. The Bertz CT molecular complexity index is 1200. The molecule has 4 aromatic rings. The number of carbonyl (C=O) groups is 1. The fourth-order valence-corrected chi connectivity index (χ4v) is 3.38. The highest BCUT2D eigenvalue weighted by Gasteiger charge is 2.23. The molecule has 2 heterocycles. The van der Waals surface area contributed by atoms with Crippen molar-refractivity contribution >= 4 is 17.5 Å². The van der Waals surface area contributed by atoms with Gasteiger partial charge in [-0.3, -0.25) is 4.79 Å². The number of rotatable bonds is 7. The number of carbonyl (C=O) groups excluding carboxylic acids is 1. The Kier molecular flexibility index (Phi) is 6.13. The van der Waals surface area contributed by atoms with Crippen LogP contribution in [0.1, 0.15) is 29.8 Å². The molecule has 0 unspecified atom stereocenters. The van der Waals surface area contributed by atoms with Gasteiger partial charge in [-0.25, -0.2) is 4.39 Å². The van der Waals surface area contributed by atoms with Crippen LogP contribution in [-0.2, 0) is 6.54 Å². The Morgan fingerprint density at radius 2 is 1.74 bits per heavy atom. The van der Waals surface area contributed by atoms with Gasteiger partial charge >= 0.3 is 0 Å². The van der Waals surface area contributed by atoms with E-state index in [1.54, 1.807) is 41.3 Å². The Labute approximate surface area is 183 Å². The molecule has 31 heavy (non-hydrogen) atoms. The fraction of sp³-hybridized carbons (Fsp3) is 0.174. The first-order valence-electron chi connectivity index (χ1n) is 9.78. The quantitative estimate of drug-likeness (QED) is 0.361. The van der Waals surface area contributed by atoms with Crippen LogP contribution < -0.4 is 0 Å². The van der Waals surface area contributed by atoms with Gasteiger partial charge in [0, 0.05) is 6.54 Å². The molecular weight excluding hydrogens is 421 g/mol.